The van der Waals surface area contributed by atoms with E-state index in [1.165, 1.54) is 12.1 Å². The summed E-state index contributed by atoms with van der Waals surface area (Å²) in [6, 6.07) is 16.0. The number of halogens is 1. The third-order valence-corrected chi connectivity index (χ3v) is 6.02. The van der Waals surface area contributed by atoms with Crippen molar-refractivity contribution in [3.8, 4) is 11.3 Å². The van der Waals surface area contributed by atoms with Crippen LogP contribution in [0.2, 0.25) is 0 Å². The van der Waals surface area contributed by atoms with Gasteiger partial charge in [-0.1, -0.05) is 18.2 Å². The first-order valence-electron chi connectivity index (χ1n) is 10.9. The second kappa shape index (κ2) is 9.93. The average molecular weight is 462 g/mol. The van der Waals surface area contributed by atoms with Crippen molar-refractivity contribution in [2.45, 2.75) is 25.4 Å². The number of aryl methyl sites for hydroxylation is 1. The van der Waals surface area contributed by atoms with Gasteiger partial charge in [-0.2, -0.15) is 0 Å². The maximum absolute atomic E-state index is 13.1. The number of amides is 2. The molecule has 2 heterocycles. The molecular weight excluding hydrogens is 439 g/mol. The largest absolute Gasteiger partial charge is 0.481 e. The van der Waals surface area contributed by atoms with Crippen molar-refractivity contribution in [3.63, 3.8) is 0 Å². The van der Waals surface area contributed by atoms with E-state index in [-0.39, 0.29) is 25.2 Å². The monoisotopic (exact) mass is 462 g/mol. The second-order valence-corrected chi connectivity index (χ2v) is 8.21. The van der Waals surface area contributed by atoms with Crippen LogP contribution in [0, 0.1) is 11.7 Å². The minimum atomic E-state index is -1.19. The zero-order valence-electron chi connectivity index (χ0n) is 18.2. The van der Waals surface area contributed by atoms with Gasteiger partial charge in [0.05, 0.1) is 28.8 Å². The number of aliphatic hydroxyl groups is 1. The van der Waals surface area contributed by atoms with Gasteiger partial charge >= 0.3 is 5.97 Å². The Morgan fingerprint density at radius 1 is 0.941 bits per heavy atom. The molecule has 0 fully saturated rings. The first-order valence-corrected chi connectivity index (χ1v) is 10.9. The van der Waals surface area contributed by atoms with Crippen molar-refractivity contribution in [2.24, 2.45) is 5.92 Å². The van der Waals surface area contributed by atoms with E-state index in [0.29, 0.717) is 23.2 Å². The highest BCUT2D eigenvalue weighted by atomic mass is 19.1. The smallest absolute Gasteiger partial charge is 0.309 e. The molecule has 1 aliphatic heterocycles. The number of fused-ring (bicyclic) bond motifs is 1. The quantitative estimate of drug-likeness (QED) is 0.471. The number of aromatic nitrogens is 1. The number of carboxylic acids is 1. The van der Waals surface area contributed by atoms with Crippen LogP contribution >= 0.6 is 0 Å². The predicted molar refractivity (Wildman–Crippen MR) is 122 cm³/mol. The number of aliphatic carboxylic acids is 1. The summed E-state index contributed by atoms with van der Waals surface area (Å²) in [4.78, 5) is 42.1. The minimum absolute atomic E-state index is 0.0519. The van der Waals surface area contributed by atoms with E-state index in [1.807, 2.05) is 6.07 Å². The molecule has 34 heavy (non-hydrogen) atoms. The van der Waals surface area contributed by atoms with Crippen molar-refractivity contribution in [1.82, 2.24) is 9.88 Å². The van der Waals surface area contributed by atoms with E-state index in [2.05, 4.69) is 4.98 Å². The highest BCUT2D eigenvalue weighted by Crippen LogP contribution is 2.25. The molecule has 0 unspecified atom stereocenters. The lowest BCUT2D eigenvalue weighted by Crippen LogP contribution is -2.36. The number of carbonyl (C=O) groups excluding carboxylic acids is 2. The summed E-state index contributed by atoms with van der Waals surface area (Å²) in [5.41, 5.74) is 2.86. The summed E-state index contributed by atoms with van der Waals surface area (Å²) < 4.78 is 13.1. The van der Waals surface area contributed by atoms with Crippen LogP contribution in [0.1, 0.15) is 39.1 Å². The number of benzene rings is 2. The fraction of sp³-hybridized carbons (Fsp3) is 0.231. The number of pyridine rings is 1. The SMILES string of the molecule is O=C(O)[C@@H](CCN1C(=O)c2ccccc2C1=O)[C@H](O)CCc1ccc(-c2ccc(F)cc2)nc1. The number of carboxylic acid groups (broad SMARTS) is 1. The van der Waals surface area contributed by atoms with Crippen LogP contribution < -0.4 is 0 Å². The lowest BCUT2D eigenvalue weighted by molar-refractivity contribution is -0.146. The van der Waals surface area contributed by atoms with Crippen molar-refractivity contribution < 1.29 is 29.0 Å². The molecule has 0 aliphatic carbocycles. The standard InChI is InChI=1S/C26H23FN2O5/c27-18-9-7-17(8-10-18)22-11-5-16(15-28-22)6-12-23(30)21(26(33)34)13-14-29-24(31)19-3-1-2-4-20(19)25(29)32/h1-5,7-11,15,21,23,30H,6,12-14H2,(H,33,34)/t21-,23+/m0/s1. The molecule has 2 atom stereocenters. The van der Waals surface area contributed by atoms with Gasteiger partial charge in [-0.3, -0.25) is 24.3 Å². The Labute approximate surface area is 195 Å². The van der Waals surface area contributed by atoms with Crippen LogP contribution in [0.4, 0.5) is 4.39 Å². The van der Waals surface area contributed by atoms with Crippen molar-refractivity contribution in [1.29, 1.82) is 0 Å². The number of carbonyl (C=O) groups is 3. The van der Waals surface area contributed by atoms with Crippen LogP contribution in [-0.2, 0) is 11.2 Å². The summed E-state index contributed by atoms with van der Waals surface area (Å²) in [6.45, 7) is -0.0890. The van der Waals surface area contributed by atoms with Gasteiger partial charge in [0.2, 0.25) is 0 Å². The topological polar surface area (TPSA) is 108 Å². The van der Waals surface area contributed by atoms with Gasteiger partial charge in [0, 0.05) is 18.3 Å². The third-order valence-electron chi connectivity index (χ3n) is 6.02. The van der Waals surface area contributed by atoms with Crippen molar-refractivity contribution in [2.75, 3.05) is 6.54 Å². The average Bonchev–Trinajstić information content (AvgIpc) is 3.08. The number of rotatable bonds is 9. The molecule has 2 N–H and O–H groups in total. The van der Waals surface area contributed by atoms with E-state index in [1.54, 1.807) is 48.7 Å². The fourth-order valence-corrected chi connectivity index (χ4v) is 4.07. The molecular formula is C26H23FN2O5. The molecule has 0 saturated heterocycles. The van der Waals surface area contributed by atoms with E-state index in [0.717, 1.165) is 16.0 Å². The summed E-state index contributed by atoms with van der Waals surface area (Å²) in [7, 11) is 0. The maximum atomic E-state index is 13.1. The zero-order chi connectivity index (χ0) is 24.2. The van der Waals surface area contributed by atoms with E-state index < -0.39 is 29.8 Å². The number of imide groups is 1. The third kappa shape index (κ3) is 4.87. The van der Waals surface area contributed by atoms with Crippen molar-refractivity contribution >= 4 is 17.8 Å². The summed E-state index contributed by atoms with van der Waals surface area (Å²) >= 11 is 0. The summed E-state index contributed by atoms with van der Waals surface area (Å²) in [6.07, 6.45) is 0.999. The van der Waals surface area contributed by atoms with Gasteiger partial charge in [0.25, 0.3) is 11.8 Å². The van der Waals surface area contributed by atoms with Crippen LogP contribution in [0.25, 0.3) is 11.3 Å². The van der Waals surface area contributed by atoms with E-state index in [4.69, 9.17) is 0 Å². The molecule has 8 heteroatoms. The summed E-state index contributed by atoms with van der Waals surface area (Å²) in [5.74, 6) is -3.55. The predicted octanol–water partition coefficient (Wildman–Crippen LogP) is 3.57. The van der Waals surface area contributed by atoms with Gasteiger partial charge in [0.1, 0.15) is 5.82 Å². The molecule has 3 aromatic rings. The zero-order valence-corrected chi connectivity index (χ0v) is 18.2. The number of nitrogens with zero attached hydrogens (tertiary/aromatic N) is 2. The Morgan fingerprint density at radius 3 is 2.15 bits per heavy atom. The highest BCUT2D eigenvalue weighted by molar-refractivity contribution is 6.21. The molecule has 0 spiro atoms. The Morgan fingerprint density at radius 2 is 1.59 bits per heavy atom. The number of hydrogen-bond acceptors (Lipinski definition) is 5. The lowest BCUT2D eigenvalue weighted by Gasteiger charge is -2.22. The van der Waals surface area contributed by atoms with Crippen LogP contribution in [0.3, 0.4) is 0 Å². The Balaban J connectivity index is 1.34. The molecule has 2 aromatic carbocycles. The first kappa shape index (κ1) is 23.3. The minimum Gasteiger partial charge on any atom is -0.481 e. The molecule has 1 aromatic heterocycles. The Hall–Kier alpha value is -3.91. The molecule has 2 amide bonds. The van der Waals surface area contributed by atoms with Gasteiger partial charge in [-0.15, -0.1) is 0 Å². The van der Waals surface area contributed by atoms with Gasteiger partial charge in [-0.25, -0.2) is 4.39 Å². The van der Waals surface area contributed by atoms with Gasteiger partial charge < -0.3 is 10.2 Å². The first-order chi connectivity index (χ1) is 16.3. The van der Waals surface area contributed by atoms with E-state index >= 15 is 0 Å². The van der Waals surface area contributed by atoms with Crippen molar-refractivity contribution in [3.05, 3.63) is 89.4 Å². The second-order valence-electron chi connectivity index (χ2n) is 8.21. The highest BCUT2D eigenvalue weighted by Gasteiger charge is 2.36. The normalized spacial score (nSPS) is 14.7. The number of aliphatic hydroxyl groups excluding tert-OH is 1. The number of hydrogen-bond donors (Lipinski definition) is 2. The maximum Gasteiger partial charge on any atom is 0.309 e. The molecule has 174 valence electrons. The Kier molecular flexibility index (Phi) is 6.79. The molecule has 0 radical (unpaired) electrons. The van der Waals surface area contributed by atoms with Gasteiger partial charge in [-0.05, 0) is 67.3 Å². The van der Waals surface area contributed by atoms with Crippen LogP contribution in [0.5, 0.6) is 0 Å². The van der Waals surface area contributed by atoms with Gasteiger partial charge in [0.15, 0.2) is 0 Å². The lowest BCUT2D eigenvalue weighted by atomic mass is 9.93. The summed E-state index contributed by atoms with van der Waals surface area (Å²) in [5, 5.41) is 20.2. The molecule has 1 aliphatic rings. The molecule has 0 saturated carbocycles. The Bertz CT molecular complexity index is 1180. The fourth-order valence-electron chi connectivity index (χ4n) is 4.07. The van der Waals surface area contributed by atoms with Crippen LogP contribution in [0.15, 0.2) is 66.9 Å². The van der Waals surface area contributed by atoms with E-state index in [9.17, 15) is 29.0 Å². The molecule has 0 bridgehead atoms. The molecule has 7 nitrogen and oxygen atoms in total. The molecule has 4 rings (SSSR count). The van der Waals surface area contributed by atoms with Crippen LogP contribution in [-0.4, -0.2) is 50.5 Å².